The van der Waals surface area contributed by atoms with Gasteiger partial charge in [-0.15, -0.1) is 11.3 Å². The van der Waals surface area contributed by atoms with Crippen molar-refractivity contribution in [2.75, 3.05) is 19.4 Å². The summed E-state index contributed by atoms with van der Waals surface area (Å²) in [4.78, 5) is 4.21. The molecule has 0 spiro atoms. The molecule has 21 heavy (non-hydrogen) atoms. The van der Waals surface area contributed by atoms with Gasteiger partial charge in [-0.25, -0.2) is 18.1 Å². The summed E-state index contributed by atoms with van der Waals surface area (Å²) in [5.74, 6) is 0.255. The molecule has 0 aliphatic heterocycles. The van der Waals surface area contributed by atoms with E-state index in [1.54, 1.807) is 12.3 Å². The molecule has 0 saturated carbocycles. The number of anilines is 1. The van der Waals surface area contributed by atoms with E-state index in [0.29, 0.717) is 5.69 Å². The number of thiazole rings is 1. The molecule has 2 aromatic rings. The topological polar surface area (TPSA) is 94.3 Å². The van der Waals surface area contributed by atoms with Gasteiger partial charge in [-0.1, -0.05) is 6.92 Å². The van der Waals surface area contributed by atoms with Gasteiger partial charge in [-0.05, 0) is 18.2 Å². The summed E-state index contributed by atoms with van der Waals surface area (Å²) in [6.45, 7) is 2.17. The summed E-state index contributed by atoms with van der Waals surface area (Å²) in [7, 11) is -2.27. The monoisotopic (exact) mass is 327 g/mol. The molecule has 8 heteroatoms. The Bertz CT molecular complexity index is 699. The first kappa shape index (κ1) is 15.7. The van der Waals surface area contributed by atoms with Crippen LogP contribution in [0.4, 0.5) is 5.69 Å². The van der Waals surface area contributed by atoms with Gasteiger partial charge in [-0.3, -0.25) is 0 Å². The fourth-order valence-electron chi connectivity index (χ4n) is 1.78. The van der Waals surface area contributed by atoms with Gasteiger partial charge in [0, 0.05) is 29.7 Å². The van der Waals surface area contributed by atoms with Gasteiger partial charge in [0.1, 0.15) is 10.6 Å². The third-order valence-corrected chi connectivity index (χ3v) is 5.38. The van der Waals surface area contributed by atoms with Crippen molar-refractivity contribution in [1.29, 1.82) is 0 Å². The minimum absolute atomic E-state index is 0.00757. The van der Waals surface area contributed by atoms with Crippen LogP contribution in [0.15, 0.2) is 34.7 Å². The molecule has 1 unspecified atom stereocenters. The van der Waals surface area contributed by atoms with Crippen LogP contribution in [-0.2, 0) is 10.0 Å². The second-order valence-corrected chi connectivity index (χ2v) is 7.20. The zero-order chi connectivity index (χ0) is 15.5. The van der Waals surface area contributed by atoms with E-state index in [0.717, 1.165) is 5.01 Å². The van der Waals surface area contributed by atoms with Crippen LogP contribution < -0.4 is 15.2 Å². The zero-order valence-corrected chi connectivity index (χ0v) is 13.4. The standard InChI is InChI=1S/C13H17N3O3S2/c1-9(13-15-5-6-20-13)8-16-21(17,18)12-7-10(14)3-4-11(12)19-2/h3-7,9,16H,8,14H2,1-2H3. The van der Waals surface area contributed by atoms with Crippen molar-refractivity contribution in [2.24, 2.45) is 0 Å². The Balaban J connectivity index is 2.17. The van der Waals surface area contributed by atoms with Crippen molar-refractivity contribution < 1.29 is 13.2 Å². The highest BCUT2D eigenvalue weighted by Gasteiger charge is 2.21. The van der Waals surface area contributed by atoms with Crippen LogP contribution in [0.25, 0.3) is 0 Å². The highest BCUT2D eigenvalue weighted by Crippen LogP contribution is 2.26. The molecule has 1 atom stereocenters. The lowest BCUT2D eigenvalue weighted by Gasteiger charge is -2.13. The molecule has 0 radical (unpaired) electrons. The first-order valence-electron chi connectivity index (χ1n) is 6.26. The van der Waals surface area contributed by atoms with Crippen molar-refractivity contribution in [1.82, 2.24) is 9.71 Å². The van der Waals surface area contributed by atoms with E-state index >= 15 is 0 Å². The van der Waals surface area contributed by atoms with E-state index in [9.17, 15) is 8.42 Å². The van der Waals surface area contributed by atoms with E-state index in [4.69, 9.17) is 10.5 Å². The van der Waals surface area contributed by atoms with Crippen LogP contribution in [0.2, 0.25) is 0 Å². The molecule has 0 saturated heterocycles. The van der Waals surface area contributed by atoms with Crippen LogP contribution in [0.3, 0.4) is 0 Å². The number of benzene rings is 1. The largest absolute Gasteiger partial charge is 0.495 e. The Kier molecular flexibility index (Phi) is 4.81. The van der Waals surface area contributed by atoms with Crippen molar-refractivity contribution in [3.8, 4) is 5.75 Å². The average Bonchev–Trinajstić information content (AvgIpc) is 2.99. The first-order chi connectivity index (χ1) is 9.94. The van der Waals surface area contributed by atoms with Gasteiger partial charge in [0.05, 0.1) is 12.1 Å². The van der Waals surface area contributed by atoms with Crippen molar-refractivity contribution in [3.63, 3.8) is 0 Å². The maximum absolute atomic E-state index is 12.4. The maximum atomic E-state index is 12.4. The molecule has 114 valence electrons. The molecule has 3 N–H and O–H groups in total. The molecule has 0 bridgehead atoms. The van der Waals surface area contributed by atoms with Gasteiger partial charge in [-0.2, -0.15) is 0 Å². The number of aromatic nitrogens is 1. The number of hydrogen-bond donors (Lipinski definition) is 2. The number of methoxy groups -OCH3 is 1. The molecule has 1 aromatic heterocycles. The molecule has 0 aliphatic carbocycles. The van der Waals surface area contributed by atoms with Gasteiger partial charge < -0.3 is 10.5 Å². The minimum atomic E-state index is -3.69. The van der Waals surface area contributed by atoms with Gasteiger partial charge >= 0.3 is 0 Å². The van der Waals surface area contributed by atoms with Gasteiger partial charge in [0.25, 0.3) is 0 Å². The molecule has 0 aliphatic rings. The lowest BCUT2D eigenvalue weighted by Crippen LogP contribution is -2.28. The molecule has 6 nitrogen and oxygen atoms in total. The summed E-state index contributed by atoms with van der Waals surface area (Å²) in [6, 6.07) is 4.51. The number of sulfonamides is 1. The highest BCUT2D eigenvalue weighted by atomic mass is 32.2. The normalized spacial score (nSPS) is 13.0. The predicted molar refractivity (Wildman–Crippen MR) is 83.1 cm³/mol. The number of rotatable bonds is 6. The fourth-order valence-corrected chi connectivity index (χ4v) is 3.81. The van der Waals surface area contributed by atoms with Gasteiger partial charge in [0.2, 0.25) is 10.0 Å². The van der Waals surface area contributed by atoms with Crippen LogP contribution in [-0.4, -0.2) is 27.1 Å². The second kappa shape index (κ2) is 6.42. The predicted octanol–water partition coefficient (Wildman–Crippen LogP) is 1.82. The molecule has 2 rings (SSSR count). The number of nitrogens with zero attached hydrogens (tertiary/aromatic N) is 1. The van der Waals surface area contributed by atoms with E-state index in [2.05, 4.69) is 9.71 Å². The lowest BCUT2D eigenvalue weighted by molar-refractivity contribution is 0.402. The third-order valence-electron chi connectivity index (χ3n) is 2.93. The Morgan fingerprint density at radius 2 is 2.24 bits per heavy atom. The average molecular weight is 327 g/mol. The van der Waals surface area contributed by atoms with Gasteiger partial charge in [0.15, 0.2) is 0 Å². The molecular formula is C13H17N3O3S2. The highest BCUT2D eigenvalue weighted by molar-refractivity contribution is 7.89. The Hall–Kier alpha value is -1.64. The summed E-state index contributed by atoms with van der Waals surface area (Å²) in [5.41, 5.74) is 6.02. The Morgan fingerprint density at radius 3 is 2.86 bits per heavy atom. The Morgan fingerprint density at radius 1 is 1.48 bits per heavy atom. The number of nitrogen functional groups attached to an aromatic ring is 1. The number of nitrogens with one attached hydrogen (secondary N) is 1. The number of nitrogens with two attached hydrogens (primary N) is 1. The Labute approximate surface area is 128 Å². The fraction of sp³-hybridized carbons (Fsp3) is 0.308. The maximum Gasteiger partial charge on any atom is 0.244 e. The minimum Gasteiger partial charge on any atom is -0.495 e. The SMILES string of the molecule is COc1ccc(N)cc1S(=O)(=O)NCC(C)c1nccs1. The summed E-state index contributed by atoms with van der Waals surface area (Å²) >= 11 is 1.50. The van der Waals surface area contributed by atoms with E-state index < -0.39 is 10.0 Å². The molecule has 1 aromatic carbocycles. The third kappa shape index (κ3) is 3.72. The van der Waals surface area contributed by atoms with E-state index in [1.807, 2.05) is 12.3 Å². The summed E-state index contributed by atoms with van der Waals surface area (Å²) in [6.07, 6.45) is 1.70. The van der Waals surface area contributed by atoms with Crippen LogP contribution in [0.1, 0.15) is 17.8 Å². The summed E-state index contributed by atoms with van der Waals surface area (Å²) in [5, 5.41) is 2.75. The zero-order valence-electron chi connectivity index (χ0n) is 11.7. The lowest BCUT2D eigenvalue weighted by atomic mass is 10.2. The van der Waals surface area contributed by atoms with Crippen molar-refractivity contribution >= 4 is 27.0 Å². The van der Waals surface area contributed by atoms with E-state index in [-0.39, 0.29) is 23.1 Å². The number of hydrogen-bond acceptors (Lipinski definition) is 6. The molecule has 0 fully saturated rings. The molecule has 0 amide bonds. The first-order valence-corrected chi connectivity index (χ1v) is 8.63. The molecule has 1 heterocycles. The number of ether oxygens (including phenoxy) is 1. The second-order valence-electron chi connectivity index (χ2n) is 4.53. The van der Waals surface area contributed by atoms with Crippen LogP contribution >= 0.6 is 11.3 Å². The van der Waals surface area contributed by atoms with E-state index in [1.165, 1.54) is 30.6 Å². The smallest absolute Gasteiger partial charge is 0.244 e. The van der Waals surface area contributed by atoms with Crippen molar-refractivity contribution in [3.05, 3.63) is 34.8 Å². The van der Waals surface area contributed by atoms with Crippen LogP contribution in [0, 0.1) is 0 Å². The summed E-state index contributed by atoms with van der Waals surface area (Å²) < 4.78 is 32.4. The van der Waals surface area contributed by atoms with Crippen molar-refractivity contribution in [2.45, 2.75) is 17.7 Å². The quantitative estimate of drug-likeness (QED) is 0.789. The van der Waals surface area contributed by atoms with Crippen LogP contribution in [0.5, 0.6) is 5.75 Å². The molecular weight excluding hydrogens is 310 g/mol.